The molecule has 6 heteroatoms. The number of rotatable bonds is 4. The molecule has 1 heterocycles. The van der Waals surface area contributed by atoms with Crippen LogP contribution in [0, 0.1) is 0 Å². The minimum absolute atomic E-state index is 0.394. The van der Waals surface area contributed by atoms with Gasteiger partial charge in [-0.15, -0.1) is 0 Å². The van der Waals surface area contributed by atoms with E-state index in [-0.39, 0.29) is 0 Å². The second kappa shape index (κ2) is 5.71. The molecule has 1 aromatic heterocycles. The number of imidazole rings is 1. The number of hydrogen-bond acceptors (Lipinski definition) is 3. The van der Waals surface area contributed by atoms with E-state index >= 15 is 0 Å². The summed E-state index contributed by atoms with van der Waals surface area (Å²) in [7, 11) is 4.01. The van der Waals surface area contributed by atoms with Crippen LogP contribution >= 0.6 is 28.1 Å². The van der Waals surface area contributed by atoms with Gasteiger partial charge in [0.1, 0.15) is 10.8 Å². The van der Waals surface area contributed by atoms with Crippen LogP contribution in [-0.2, 0) is 13.6 Å². The highest BCUT2D eigenvalue weighted by molar-refractivity contribution is 9.10. The summed E-state index contributed by atoms with van der Waals surface area (Å²) in [5.41, 5.74) is 7.57. The zero-order chi connectivity index (χ0) is 14.0. The smallest absolute Gasteiger partial charge is 0.127 e. The van der Waals surface area contributed by atoms with Gasteiger partial charge in [0.15, 0.2) is 0 Å². The molecule has 1 aromatic carbocycles. The molecule has 0 saturated carbocycles. The van der Waals surface area contributed by atoms with E-state index in [1.165, 1.54) is 0 Å². The van der Waals surface area contributed by atoms with Crippen LogP contribution in [0.3, 0.4) is 0 Å². The van der Waals surface area contributed by atoms with Gasteiger partial charge in [0.05, 0.1) is 6.54 Å². The lowest BCUT2D eigenvalue weighted by Crippen LogP contribution is -2.19. The van der Waals surface area contributed by atoms with Crippen molar-refractivity contribution in [2.45, 2.75) is 6.54 Å². The number of thiocarbonyl (C=S) groups is 1. The Morgan fingerprint density at radius 1 is 1.53 bits per heavy atom. The van der Waals surface area contributed by atoms with Gasteiger partial charge in [-0.3, -0.25) is 0 Å². The lowest BCUT2D eigenvalue weighted by molar-refractivity contribution is 0.761. The van der Waals surface area contributed by atoms with Gasteiger partial charge in [-0.05, 0) is 34.1 Å². The van der Waals surface area contributed by atoms with Gasteiger partial charge in [-0.1, -0.05) is 12.2 Å². The third-order valence-corrected chi connectivity index (χ3v) is 3.83. The molecule has 0 fully saturated rings. The number of aryl methyl sites for hydroxylation is 1. The molecule has 0 spiro atoms. The molecule has 0 atom stereocenters. The quantitative estimate of drug-likeness (QED) is 0.870. The molecule has 0 radical (unpaired) electrons. The third kappa shape index (κ3) is 3.13. The Morgan fingerprint density at radius 2 is 2.26 bits per heavy atom. The number of aromatic nitrogens is 2. The fourth-order valence-electron chi connectivity index (χ4n) is 1.79. The summed E-state index contributed by atoms with van der Waals surface area (Å²) in [5, 5.41) is 0. The largest absolute Gasteiger partial charge is 0.389 e. The lowest BCUT2D eigenvalue weighted by Gasteiger charge is -2.20. The zero-order valence-electron chi connectivity index (χ0n) is 10.8. The molecule has 0 unspecified atom stereocenters. The number of benzene rings is 1. The predicted molar refractivity (Wildman–Crippen MR) is 85.3 cm³/mol. The number of nitrogens with two attached hydrogens (primary N) is 1. The van der Waals surface area contributed by atoms with Gasteiger partial charge in [0, 0.05) is 42.2 Å². The van der Waals surface area contributed by atoms with Crippen LogP contribution in [0.15, 0.2) is 35.1 Å². The van der Waals surface area contributed by atoms with E-state index in [2.05, 4.69) is 25.8 Å². The van der Waals surface area contributed by atoms with Crippen LogP contribution < -0.4 is 10.6 Å². The minimum Gasteiger partial charge on any atom is -0.389 e. The van der Waals surface area contributed by atoms with Gasteiger partial charge in [-0.25, -0.2) is 4.98 Å². The van der Waals surface area contributed by atoms with Crippen molar-refractivity contribution >= 4 is 38.8 Å². The third-order valence-electron chi connectivity index (χ3n) is 2.96. The summed E-state index contributed by atoms with van der Waals surface area (Å²) in [6, 6.07) is 5.94. The first-order valence-corrected chi connectivity index (χ1v) is 6.96. The molecule has 0 aliphatic rings. The van der Waals surface area contributed by atoms with E-state index < -0.39 is 0 Å². The molecule has 2 aromatic rings. The van der Waals surface area contributed by atoms with E-state index in [1.807, 2.05) is 43.1 Å². The van der Waals surface area contributed by atoms with Crippen LogP contribution in [0.25, 0.3) is 0 Å². The second-order valence-corrected chi connectivity index (χ2v) is 5.63. The van der Waals surface area contributed by atoms with Gasteiger partial charge in [0.2, 0.25) is 0 Å². The monoisotopic (exact) mass is 338 g/mol. The molecular formula is C13H15BrN4S. The average molecular weight is 339 g/mol. The van der Waals surface area contributed by atoms with Crippen LogP contribution in [0.2, 0.25) is 0 Å². The van der Waals surface area contributed by atoms with Crippen molar-refractivity contribution in [1.82, 2.24) is 9.55 Å². The van der Waals surface area contributed by atoms with E-state index in [9.17, 15) is 0 Å². The van der Waals surface area contributed by atoms with Gasteiger partial charge >= 0.3 is 0 Å². The van der Waals surface area contributed by atoms with Crippen LogP contribution in [-0.4, -0.2) is 21.6 Å². The van der Waals surface area contributed by atoms with E-state index in [1.54, 1.807) is 6.20 Å². The number of hydrogen-bond donors (Lipinski definition) is 1. The SMILES string of the molecule is CN(Cc1nccn1C)c1ccc(C(N)=S)c(Br)c1. The maximum atomic E-state index is 5.64. The zero-order valence-corrected chi connectivity index (χ0v) is 13.2. The van der Waals surface area contributed by atoms with Crippen molar-refractivity contribution in [2.75, 3.05) is 11.9 Å². The topological polar surface area (TPSA) is 47.1 Å². The maximum Gasteiger partial charge on any atom is 0.127 e. The average Bonchev–Trinajstić information content (AvgIpc) is 2.74. The normalized spacial score (nSPS) is 10.5. The molecule has 2 N–H and O–H groups in total. The molecule has 0 bridgehead atoms. The van der Waals surface area contributed by atoms with Crippen molar-refractivity contribution in [3.05, 3.63) is 46.5 Å². The molecule has 19 heavy (non-hydrogen) atoms. The lowest BCUT2D eigenvalue weighted by atomic mass is 10.2. The predicted octanol–water partition coefficient (Wildman–Crippen LogP) is 2.45. The summed E-state index contributed by atoms with van der Waals surface area (Å²) in [4.78, 5) is 6.83. The Hall–Kier alpha value is -1.40. The van der Waals surface area contributed by atoms with Gasteiger partial charge in [0.25, 0.3) is 0 Å². The van der Waals surface area contributed by atoms with Gasteiger partial charge < -0.3 is 15.2 Å². The Morgan fingerprint density at radius 3 is 2.79 bits per heavy atom. The number of nitrogens with zero attached hydrogens (tertiary/aromatic N) is 3. The van der Waals surface area contributed by atoms with Crippen molar-refractivity contribution in [1.29, 1.82) is 0 Å². The fourth-order valence-corrected chi connectivity index (χ4v) is 2.68. The molecule has 0 amide bonds. The summed E-state index contributed by atoms with van der Waals surface area (Å²) in [6.07, 6.45) is 3.74. The first kappa shape index (κ1) is 14.0. The van der Waals surface area contributed by atoms with Crippen LogP contribution in [0.1, 0.15) is 11.4 Å². The highest BCUT2D eigenvalue weighted by Crippen LogP contribution is 2.24. The Kier molecular flexibility index (Phi) is 4.21. The van der Waals surface area contributed by atoms with Crippen molar-refractivity contribution < 1.29 is 0 Å². The van der Waals surface area contributed by atoms with E-state index in [0.29, 0.717) is 4.99 Å². The number of halogens is 1. The van der Waals surface area contributed by atoms with E-state index in [4.69, 9.17) is 18.0 Å². The molecular weight excluding hydrogens is 324 g/mol. The Balaban J connectivity index is 2.20. The summed E-state index contributed by atoms with van der Waals surface area (Å²) < 4.78 is 2.92. The first-order valence-electron chi connectivity index (χ1n) is 5.75. The Bertz CT molecular complexity index is 608. The first-order chi connectivity index (χ1) is 8.99. The number of anilines is 1. The van der Waals surface area contributed by atoms with Gasteiger partial charge in [-0.2, -0.15) is 0 Å². The minimum atomic E-state index is 0.394. The molecule has 4 nitrogen and oxygen atoms in total. The summed E-state index contributed by atoms with van der Waals surface area (Å²) in [5.74, 6) is 1.01. The van der Waals surface area contributed by atoms with E-state index in [0.717, 1.165) is 28.1 Å². The molecule has 0 aliphatic heterocycles. The maximum absolute atomic E-state index is 5.64. The molecule has 0 saturated heterocycles. The summed E-state index contributed by atoms with van der Waals surface area (Å²) in [6.45, 7) is 0.738. The second-order valence-electron chi connectivity index (χ2n) is 4.34. The summed E-state index contributed by atoms with van der Waals surface area (Å²) >= 11 is 8.48. The van der Waals surface area contributed by atoms with Crippen LogP contribution in [0.5, 0.6) is 0 Å². The highest BCUT2D eigenvalue weighted by Gasteiger charge is 2.09. The van der Waals surface area contributed by atoms with Crippen molar-refractivity contribution in [3.8, 4) is 0 Å². The fraction of sp³-hybridized carbons (Fsp3) is 0.231. The van der Waals surface area contributed by atoms with Crippen LogP contribution in [0.4, 0.5) is 5.69 Å². The van der Waals surface area contributed by atoms with Crippen molar-refractivity contribution in [2.24, 2.45) is 12.8 Å². The standard InChI is InChI=1S/C13H15BrN4S/c1-17-6-5-16-12(17)8-18(2)9-3-4-10(13(15)19)11(14)7-9/h3-7H,8H2,1-2H3,(H2,15,19). The highest BCUT2D eigenvalue weighted by atomic mass is 79.9. The molecule has 100 valence electrons. The molecule has 2 rings (SSSR count). The van der Waals surface area contributed by atoms with Crippen molar-refractivity contribution in [3.63, 3.8) is 0 Å². The Labute approximate surface area is 126 Å². The molecule has 0 aliphatic carbocycles.